The van der Waals surface area contributed by atoms with Crippen molar-refractivity contribution in [3.63, 3.8) is 0 Å². The highest BCUT2D eigenvalue weighted by atomic mass is 32.2. The van der Waals surface area contributed by atoms with Crippen LogP contribution in [0.5, 0.6) is 0 Å². The molecule has 0 radical (unpaired) electrons. The van der Waals surface area contributed by atoms with E-state index in [1.54, 1.807) is 31.3 Å². The van der Waals surface area contributed by atoms with Gasteiger partial charge in [-0.2, -0.15) is 9.98 Å². The molecule has 0 bridgehead atoms. The van der Waals surface area contributed by atoms with Crippen LogP contribution in [0.4, 0.5) is 17.3 Å². The van der Waals surface area contributed by atoms with E-state index in [0.717, 1.165) is 46.5 Å². The van der Waals surface area contributed by atoms with Gasteiger partial charge in [-0.25, -0.2) is 18.4 Å². The molecule has 1 fully saturated rings. The third kappa shape index (κ3) is 5.82. The number of benzene rings is 3. The molecule has 1 aliphatic rings. The maximum absolute atomic E-state index is 12.3. The summed E-state index contributed by atoms with van der Waals surface area (Å²) in [6.45, 7) is 4.25. The summed E-state index contributed by atoms with van der Waals surface area (Å²) >= 11 is 0. The molecule has 5 rings (SSSR count). The number of fused-ring (bicyclic) bond motifs is 1. The van der Waals surface area contributed by atoms with Crippen LogP contribution in [0.1, 0.15) is 6.92 Å². The zero-order chi connectivity index (χ0) is 27.4. The number of anilines is 3. The average Bonchev–Trinajstić information content (AvgIpc) is 2.96. The molecule has 39 heavy (non-hydrogen) atoms. The number of hydrogen-bond donors (Lipinski definition) is 2. The number of sulfonamides is 1. The lowest BCUT2D eigenvalue weighted by atomic mass is 10.0. The number of nitriles is 1. The van der Waals surface area contributed by atoms with Crippen LogP contribution < -0.4 is 14.9 Å². The molecular weight excluding hydrogens is 514 g/mol. The third-order valence-corrected chi connectivity index (χ3v) is 8.04. The number of piperazine rings is 1. The van der Waals surface area contributed by atoms with Crippen LogP contribution in [-0.4, -0.2) is 61.9 Å². The normalized spacial score (nSPS) is 13.7. The maximum atomic E-state index is 12.3. The molecule has 1 amide bonds. The van der Waals surface area contributed by atoms with E-state index in [1.807, 2.05) is 47.4 Å². The summed E-state index contributed by atoms with van der Waals surface area (Å²) in [6, 6.07) is 22.0. The molecule has 198 valence electrons. The molecule has 11 heteroatoms. The third-order valence-electron chi connectivity index (χ3n) is 6.62. The number of amides is 1. The number of nitrogens with zero attached hydrogens (tertiary/aromatic N) is 5. The lowest BCUT2D eigenvalue weighted by molar-refractivity contribution is -0.129. The Kier molecular flexibility index (Phi) is 7.40. The van der Waals surface area contributed by atoms with Crippen LogP contribution in [0.15, 0.2) is 77.8 Å². The van der Waals surface area contributed by atoms with Crippen molar-refractivity contribution >= 4 is 44.2 Å². The zero-order valence-corrected chi connectivity index (χ0v) is 22.1. The van der Waals surface area contributed by atoms with Gasteiger partial charge in [-0.1, -0.05) is 36.4 Å². The number of hydrogen-bond acceptors (Lipinski definition) is 8. The Morgan fingerprint density at radius 3 is 2.49 bits per heavy atom. The van der Waals surface area contributed by atoms with Gasteiger partial charge in [0.1, 0.15) is 0 Å². The van der Waals surface area contributed by atoms with Crippen molar-refractivity contribution in [2.24, 2.45) is 0 Å². The van der Waals surface area contributed by atoms with Crippen LogP contribution in [0.3, 0.4) is 0 Å². The maximum Gasteiger partial charge on any atom is 0.241 e. The monoisotopic (exact) mass is 541 g/mol. The molecule has 3 aromatic carbocycles. The molecular formula is C28H27N7O3S. The van der Waals surface area contributed by atoms with Crippen molar-refractivity contribution < 1.29 is 13.2 Å². The van der Waals surface area contributed by atoms with Crippen molar-refractivity contribution in [1.29, 1.82) is 5.26 Å². The average molecular weight is 542 g/mol. The summed E-state index contributed by atoms with van der Waals surface area (Å²) < 4.78 is 26.9. The highest BCUT2D eigenvalue weighted by Gasteiger charge is 2.19. The molecule has 0 spiro atoms. The van der Waals surface area contributed by atoms with Gasteiger partial charge in [0, 0.05) is 61.6 Å². The van der Waals surface area contributed by atoms with Crippen LogP contribution in [0, 0.1) is 11.3 Å². The van der Waals surface area contributed by atoms with E-state index in [4.69, 9.17) is 10.2 Å². The smallest absolute Gasteiger partial charge is 0.241 e. The minimum Gasteiger partial charge on any atom is -0.368 e. The van der Waals surface area contributed by atoms with Crippen molar-refractivity contribution in [3.05, 3.63) is 72.9 Å². The molecule has 1 saturated heterocycles. The Labute approximate surface area is 227 Å². The number of nitrogens with one attached hydrogen (secondary N) is 2. The second kappa shape index (κ2) is 11.1. The standard InChI is InChI=1S/C28H27N7O3S/c1-20(36)34-14-16-35(17-15-34)24-6-3-5-23(18-24)32-28-30-19-22-4-2-7-26(27(22)33-28)21-8-10-25(11-9-21)39(37,38)31-13-12-29/h2-11,18-19,31H,13-17H2,1H3,(H,30,32,33). The number of rotatable bonds is 7. The summed E-state index contributed by atoms with van der Waals surface area (Å²) in [5, 5.41) is 12.8. The predicted molar refractivity (Wildman–Crippen MR) is 150 cm³/mol. The fraction of sp³-hybridized carbons (Fsp3) is 0.214. The van der Waals surface area contributed by atoms with Gasteiger partial charge >= 0.3 is 0 Å². The Morgan fingerprint density at radius 1 is 1.03 bits per heavy atom. The van der Waals surface area contributed by atoms with Gasteiger partial charge < -0.3 is 15.1 Å². The first-order chi connectivity index (χ1) is 18.8. The predicted octanol–water partition coefficient (Wildman–Crippen LogP) is 3.51. The summed E-state index contributed by atoms with van der Waals surface area (Å²) in [7, 11) is -3.75. The van der Waals surface area contributed by atoms with Gasteiger partial charge in [-0.15, -0.1) is 0 Å². The number of aromatic nitrogens is 2. The van der Waals surface area contributed by atoms with Crippen molar-refractivity contribution in [2.45, 2.75) is 11.8 Å². The summed E-state index contributed by atoms with van der Waals surface area (Å²) in [4.78, 5) is 25.1. The first kappa shape index (κ1) is 26.1. The molecule has 4 aromatic rings. The SMILES string of the molecule is CC(=O)N1CCN(c2cccc(Nc3ncc4cccc(-c5ccc(S(=O)(=O)NCC#N)cc5)c4n3)c2)CC1. The Bertz CT molecular complexity index is 1660. The fourth-order valence-corrected chi connectivity index (χ4v) is 5.48. The minimum absolute atomic E-state index is 0.0845. The second-order valence-corrected chi connectivity index (χ2v) is 10.9. The first-order valence-corrected chi connectivity index (χ1v) is 13.9. The van der Waals surface area contributed by atoms with Gasteiger partial charge in [0.2, 0.25) is 21.9 Å². The Balaban J connectivity index is 1.38. The number of carbonyl (C=O) groups is 1. The van der Waals surface area contributed by atoms with Crippen molar-refractivity contribution in [1.82, 2.24) is 19.6 Å². The molecule has 0 saturated carbocycles. The molecule has 0 atom stereocenters. The molecule has 1 aliphatic heterocycles. The summed E-state index contributed by atoms with van der Waals surface area (Å²) in [5.74, 6) is 0.542. The molecule has 10 nitrogen and oxygen atoms in total. The lowest BCUT2D eigenvalue weighted by Gasteiger charge is -2.35. The van der Waals surface area contributed by atoms with E-state index < -0.39 is 10.0 Å². The Hall–Kier alpha value is -4.53. The zero-order valence-electron chi connectivity index (χ0n) is 21.3. The highest BCUT2D eigenvalue weighted by molar-refractivity contribution is 7.89. The van der Waals surface area contributed by atoms with E-state index in [1.165, 1.54) is 12.1 Å². The molecule has 0 aliphatic carbocycles. The second-order valence-electron chi connectivity index (χ2n) is 9.11. The van der Waals surface area contributed by atoms with E-state index in [2.05, 4.69) is 19.9 Å². The van der Waals surface area contributed by atoms with Crippen LogP contribution in [-0.2, 0) is 14.8 Å². The summed E-state index contributed by atoms with van der Waals surface area (Å²) in [6.07, 6.45) is 1.75. The highest BCUT2D eigenvalue weighted by Crippen LogP contribution is 2.29. The minimum atomic E-state index is -3.75. The van der Waals surface area contributed by atoms with Gasteiger partial charge in [-0.05, 0) is 35.9 Å². The van der Waals surface area contributed by atoms with Crippen LogP contribution >= 0.6 is 0 Å². The number of para-hydroxylation sites is 1. The Morgan fingerprint density at radius 2 is 1.77 bits per heavy atom. The van der Waals surface area contributed by atoms with Crippen LogP contribution in [0.25, 0.3) is 22.0 Å². The number of carbonyl (C=O) groups excluding carboxylic acids is 1. The molecule has 2 N–H and O–H groups in total. The van der Waals surface area contributed by atoms with E-state index in [9.17, 15) is 13.2 Å². The molecule has 2 heterocycles. The van der Waals surface area contributed by atoms with Crippen molar-refractivity contribution in [2.75, 3.05) is 42.9 Å². The first-order valence-electron chi connectivity index (χ1n) is 12.4. The topological polar surface area (TPSA) is 131 Å². The van der Waals surface area contributed by atoms with Gasteiger partial charge in [-0.3, -0.25) is 4.79 Å². The van der Waals surface area contributed by atoms with E-state index >= 15 is 0 Å². The van der Waals surface area contributed by atoms with Gasteiger partial charge in [0.05, 0.1) is 23.0 Å². The van der Waals surface area contributed by atoms with Gasteiger partial charge in [0.15, 0.2) is 0 Å². The van der Waals surface area contributed by atoms with Gasteiger partial charge in [0.25, 0.3) is 0 Å². The van der Waals surface area contributed by atoms with E-state index in [0.29, 0.717) is 19.0 Å². The van der Waals surface area contributed by atoms with E-state index in [-0.39, 0.29) is 17.3 Å². The lowest BCUT2D eigenvalue weighted by Crippen LogP contribution is -2.48. The van der Waals surface area contributed by atoms with Crippen molar-refractivity contribution in [3.8, 4) is 17.2 Å². The molecule has 0 unspecified atom stereocenters. The summed E-state index contributed by atoms with van der Waals surface area (Å²) in [5.41, 5.74) is 4.27. The van der Waals surface area contributed by atoms with Crippen LogP contribution in [0.2, 0.25) is 0 Å². The fourth-order valence-electron chi connectivity index (χ4n) is 4.56. The molecule has 1 aromatic heterocycles. The quantitative estimate of drug-likeness (QED) is 0.340. The largest absolute Gasteiger partial charge is 0.368 e.